The van der Waals surface area contributed by atoms with Gasteiger partial charge in [-0.25, -0.2) is 8.42 Å². The van der Waals surface area contributed by atoms with Crippen LogP contribution in [0.5, 0.6) is 5.75 Å². The van der Waals surface area contributed by atoms with Crippen LogP contribution in [0.25, 0.3) is 0 Å². The molecule has 5 nitrogen and oxygen atoms in total. The molecule has 0 radical (unpaired) electrons. The van der Waals surface area contributed by atoms with Crippen LogP contribution in [0, 0.1) is 24.2 Å². The standard InChI is InChI=1S/C20H20N2O3S/c1-14-4-10-18(11-5-14)26(23,24)22-13-15(2)19(12-21)20(22)16-6-8-17(25-3)9-7-16/h4-11,19-20H,2,13H2,1,3H3/t19-,20-/m0/s1. The van der Waals surface area contributed by atoms with Crippen molar-refractivity contribution in [1.82, 2.24) is 4.31 Å². The summed E-state index contributed by atoms with van der Waals surface area (Å²) < 4.78 is 33.0. The van der Waals surface area contributed by atoms with Gasteiger partial charge in [0.1, 0.15) is 5.75 Å². The largest absolute Gasteiger partial charge is 0.497 e. The Morgan fingerprint density at radius 1 is 1.15 bits per heavy atom. The predicted octanol–water partition coefficient (Wildman–Crippen LogP) is 3.45. The predicted molar refractivity (Wildman–Crippen MR) is 99.0 cm³/mol. The number of rotatable bonds is 4. The van der Waals surface area contributed by atoms with Crippen LogP contribution < -0.4 is 4.74 Å². The van der Waals surface area contributed by atoms with Gasteiger partial charge in [-0.2, -0.15) is 9.57 Å². The lowest BCUT2D eigenvalue weighted by Gasteiger charge is -2.25. The Bertz CT molecular complexity index is 958. The summed E-state index contributed by atoms with van der Waals surface area (Å²) in [5, 5.41) is 9.60. The Hall–Kier alpha value is -2.62. The van der Waals surface area contributed by atoms with Crippen LogP contribution in [0.2, 0.25) is 0 Å². The molecule has 134 valence electrons. The lowest BCUT2D eigenvalue weighted by molar-refractivity contribution is 0.373. The molecule has 3 rings (SSSR count). The summed E-state index contributed by atoms with van der Waals surface area (Å²) in [6, 6.07) is 15.5. The fourth-order valence-corrected chi connectivity index (χ4v) is 4.82. The van der Waals surface area contributed by atoms with Crippen molar-refractivity contribution in [3.05, 3.63) is 71.8 Å². The van der Waals surface area contributed by atoms with Gasteiger partial charge in [0.15, 0.2) is 0 Å². The number of methoxy groups -OCH3 is 1. The molecule has 1 saturated heterocycles. The second-order valence-corrected chi connectivity index (χ2v) is 8.24. The second kappa shape index (κ2) is 6.94. The highest BCUT2D eigenvalue weighted by atomic mass is 32.2. The van der Waals surface area contributed by atoms with E-state index in [2.05, 4.69) is 12.6 Å². The first kappa shape index (κ1) is 18.2. The molecule has 0 N–H and O–H groups in total. The first-order chi connectivity index (χ1) is 12.4. The van der Waals surface area contributed by atoms with Crippen LogP contribution in [0.3, 0.4) is 0 Å². The minimum atomic E-state index is -3.75. The number of ether oxygens (including phenoxy) is 1. The van der Waals surface area contributed by atoms with E-state index < -0.39 is 22.0 Å². The van der Waals surface area contributed by atoms with Crippen LogP contribution in [-0.2, 0) is 10.0 Å². The maximum absolute atomic E-state index is 13.2. The molecule has 1 fully saturated rings. The fourth-order valence-electron chi connectivity index (χ4n) is 3.19. The quantitative estimate of drug-likeness (QED) is 0.775. The lowest BCUT2D eigenvalue weighted by Crippen LogP contribution is -2.32. The first-order valence-electron chi connectivity index (χ1n) is 8.18. The molecule has 0 bridgehead atoms. The van der Waals surface area contributed by atoms with Crippen molar-refractivity contribution in [2.24, 2.45) is 5.92 Å². The topological polar surface area (TPSA) is 70.4 Å². The summed E-state index contributed by atoms with van der Waals surface area (Å²) in [6.07, 6.45) is 0. The number of aryl methyl sites for hydroxylation is 1. The third-order valence-corrected chi connectivity index (χ3v) is 6.49. The molecule has 6 heteroatoms. The molecule has 26 heavy (non-hydrogen) atoms. The second-order valence-electron chi connectivity index (χ2n) is 6.35. The van der Waals surface area contributed by atoms with Crippen molar-refractivity contribution < 1.29 is 13.2 Å². The monoisotopic (exact) mass is 368 g/mol. The molecule has 0 unspecified atom stereocenters. The van der Waals surface area contributed by atoms with Gasteiger partial charge in [0.25, 0.3) is 0 Å². The van der Waals surface area contributed by atoms with Gasteiger partial charge >= 0.3 is 0 Å². The van der Waals surface area contributed by atoms with E-state index in [9.17, 15) is 13.7 Å². The number of hydrogen-bond acceptors (Lipinski definition) is 4. The summed E-state index contributed by atoms with van der Waals surface area (Å²) >= 11 is 0. The third-order valence-electron chi connectivity index (χ3n) is 4.65. The lowest BCUT2D eigenvalue weighted by atomic mass is 9.93. The number of hydrogen-bond donors (Lipinski definition) is 0. The third kappa shape index (κ3) is 3.12. The van der Waals surface area contributed by atoms with Crippen LogP contribution >= 0.6 is 0 Å². The van der Waals surface area contributed by atoms with Crippen molar-refractivity contribution >= 4 is 10.0 Å². The zero-order chi connectivity index (χ0) is 18.9. The maximum Gasteiger partial charge on any atom is 0.243 e. The molecular formula is C20H20N2O3S. The van der Waals surface area contributed by atoms with Crippen molar-refractivity contribution in [1.29, 1.82) is 5.26 Å². The Labute approximate surface area is 154 Å². The summed E-state index contributed by atoms with van der Waals surface area (Å²) in [5.41, 5.74) is 2.33. The molecule has 0 aromatic heterocycles. The van der Waals surface area contributed by atoms with E-state index in [1.54, 1.807) is 55.6 Å². The van der Waals surface area contributed by atoms with Gasteiger partial charge in [-0.05, 0) is 42.3 Å². The highest BCUT2D eigenvalue weighted by molar-refractivity contribution is 7.89. The van der Waals surface area contributed by atoms with E-state index in [-0.39, 0.29) is 11.4 Å². The van der Waals surface area contributed by atoms with Gasteiger partial charge in [0.2, 0.25) is 10.0 Å². The average molecular weight is 368 g/mol. The summed E-state index contributed by atoms with van der Waals surface area (Å²) in [6.45, 7) is 5.97. The van der Waals surface area contributed by atoms with Gasteiger partial charge in [-0.1, -0.05) is 36.4 Å². The SMILES string of the molecule is C=C1CN(S(=O)(=O)c2ccc(C)cc2)[C@@H](c2ccc(OC)cc2)[C@H]1C#N. The molecular weight excluding hydrogens is 348 g/mol. The van der Waals surface area contributed by atoms with Gasteiger partial charge < -0.3 is 4.74 Å². The smallest absolute Gasteiger partial charge is 0.243 e. The van der Waals surface area contributed by atoms with Gasteiger partial charge in [0.05, 0.1) is 30.0 Å². The molecule has 0 aliphatic carbocycles. The Morgan fingerprint density at radius 3 is 2.31 bits per heavy atom. The maximum atomic E-state index is 13.2. The van der Waals surface area contributed by atoms with Crippen molar-refractivity contribution in [3.8, 4) is 11.8 Å². The van der Waals surface area contributed by atoms with Gasteiger partial charge in [-0.3, -0.25) is 0 Å². The molecule has 0 saturated carbocycles. The molecule has 0 amide bonds. The number of nitrogens with zero attached hydrogens (tertiary/aromatic N) is 2. The average Bonchev–Trinajstić information content (AvgIpc) is 2.99. The van der Waals surface area contributed by atoms with E-state index in [4.69, 9.17) is 4.74 Å². The summed E-state index contributed by atoms with van der Waals surface area (Å²) in [7, 11) is -2.19. The zero-order valence-electron chi connectivity index (χ0n) is 14.7. The van der Waals surface area contributed by atoms with Crippen molar-refractivity contribution in [2.75, 3.05) is 13.7 Å². The molecule has 1 heterocycles. The minimum absolute atomic E-state index is 0.130. The van der Waals surface area contributed by atoms with Crippen LogP contribution in [0.4, 0.5) is 0 Å². The van der Waals surface area contributed by atoms with Gasteiger partial charge in [-0.15, -0.1) is 0 Å². The van der Waals surface area contributed by atoms with E-state index in [1.807, 2.05) is 6.92 Å². The van der Waals surface area contributed by atoms with Crippen LogP contribution in [-0.4, -0.2) is 26.4 Å². The number of nitriles is 1. The molecule has 1 aliphatic heterocycles. The highest BCUT2D eigenvalue weighted by Crippen LogP contribution is 2.43. The van der Waals surface area contributed by atoms with E-state index in [0.29, 0.717) is 11.3 Å². The van der Waals surface area contributed by atoms with Crippen molar-refractivity contribution in [2.45, 2.75) is 17.9 Å². The van der Waals surface area contributed by atoms with Crippen LogP contribution in [0.1, 0.15) is 17.2 Å². The van der Waals surface area contributed by atoms with Gasteiger partial charge in [0, 0.05) is 6.54 Å². The molecule has 2 atom stereocenters. The number of benzene rings is 2. The normalized spacial score (nSPS) is 20.7. The zero-order valence-corrected chi connectivity index (χ0v) is 15.5. The van der Waals surface area contributed by atoms with Crippen LogP contribution in [0.15, 0.2) is 65.6 Å². The molecule has 0 spiro atoms. The van der Waals surface area contributed by atoms with E-state index in [0.717, 1.165) is 11.1 Å². The molecule has 1 aliphatic rings. The Morgan fingerprint density at radius 2 is 1.77 bits per heavy atom. The highest BCUT2D eigenvalue weighted by Gasteiger charge is 2.44. The summed E-state index contributed by atoms with van der Waals surface area (Å²) in [5.74, 6) is 0.0793. The van der Waals surface area contributed by atoms with E-state index in [1.165, 1.54) is 4.31 Å². The van der Waals surface area contributed by atoms with E-state index >= 15 is 0 Å². The Balaban J connectivity index is 2.07. The molecule has 2 aromatic carbocycles. The minimum Gasteiger partial charge on any atom is -0.497 e. The van der Waals surface area contributed by atoms with Crippen molar-refractivity contribution in [3.63, 3.8) is 0 Å². The fraction of sp³-hybridized carbons (Fsp3) is 0.250. The molecule has 2 aromatic rings. The first-order valence-corrected chi connectivity index (χ1v) is 9.62. The number of sulfonamides is 1. The Kier molecular flexibility index (Phi) is 4.86. The summed E-state index contributed by atoms with van der Waals surface area (Å²) in [4.78, 5) is 0.216.